The fourth-order valence-corrected chi connectivity index (χ4v) is 4.72. The number of aliphatic hydroxyl groups is 1. The molecule has 2 fully saturated rings. The van der Waals surface area contributed by atoms with Gasteiger partial charge in [-0.3, -0.25) is 34.0 Å². The van der Waals surface area contributed by atoms with Crippen LogP contribution in [-0.4, -0.2) is 153 Å². The third-order valence-corrected chi connectivity index (χ3v) is 6.97. The summed E-state index contributed by atoms with van der Waals surface area (Å²) in [6, 6.07) is 0.102. The molecule has 0 bridgehead atoms. The van der Waals surface area contributed by atoms with Crippen molar-refractivity contribution in [2.45, 2.75) is 37.8 Å². The van der Waals surface area contributed by atoms with Gasteiger partial charge in [-0.1, -0.05) is 12.8 Å². The van der Waals surface area contributed by atoms with Gasteiger partial charge in [-0.15, -0.1) is 0 Å². The van der Waals surface area contributed by atoms with Crippen LogP contribution in [0.15, 0.2) is 0 Å². The molecule has 2 rings (SSSR count). The molecule has 0 spiro atoms. The Hall–Kier alpha value is -1.83. The largest absolute Gasteiger partial charge is 0.412 e. The van der Waals surface area contributed by atoms with E-state index in [0.29, 0.717) is 52.4 Å². The minimum absolute atomic E-state index is 0. The first-order valence-corrected chi connectivity index (χ1v) is 12.6. The molecule has 6 N–H and O–H groups in total. The molecule has 12 heteroatoms. The molecule has 1 saturated carbocycles. The lowest BCUT2D eigenvalue weighted by Crippen LogP contribution is -2.54. The number of nitrogens with one attached hydrogen (secondary N) is 3. The Kier molecular flexibility index (Phi) is 15.0. The van der Waals surface area contributed by atoms with E-state index in [9.17, 15) is 19.5 Å². The van der Waals surface area contributed by atoms with Gasteiger partial charge >= 0.3 is 0 Å². The molecule has 1 aliphatic heterocycles. The molecular weight excluding hydrogens is 454 g/mol. The van der Waals surface area contributed by atoms with E-state index in [1.807, 2.05) is 0 Å². The monoisotopic (exact) mass is 501 g/mol. The van der Waals surface area contributed by atoms with Crippen molar-refractivity contribution in [3.05, 3.63) is 0 Å². The van der Waals surface area contributed by atoms with Crippen LogP contribution in [0.25, 0.3) is 0 Å². The predicted octanol–water partition coefficient (Wildman–Crippen LogP) is -3.08. The number of rotatable bonds is 7. The van der Waals surface area contributed by atoms with Crippen LogP contribution in [0.4, 0.5) is 0 Å². The van der Waals surface area contributed by atoms with Crippen LogP contribution in [-0.2, 0) is 14.4 Å². The lowest BCUT2D eigenvalue weighted by Gasteiger charge is -2.40. The van der Waals surface area contributed by atoms with E-state index in [1.54, 1.807) is 21.1 Å². The van der Waals surface area contributed by atoms with Gasteiger partial charge in [-0.2, -0.15) is 0 Å². The van der Waals surface area contributed by atoms with Crippen molar-refractivity contribution < 1.29 is 25.0 Å². The van der Waals surface area contributed by atoms with Crippen molar-refractivity contribution in [1.82, 2.24) is 35.6 Å². The molecule has 204 valence electrons. The lowest BCUT2D eigenvalue weighted by molar-refractivity contribution is -0.124. The van der Waals surface area contributed by atoms with Crippen molar-refractivity contribution in [1.29, 1.82) is 0 Å². The van der Waals surface area contributed by atoms with E-state index in [-0.39, 0.29) is 41.9 Å². The van der Waals surface area contributed by atoms with Crippen molar-refractivity contribution in [2.24, 2.45) is 0 Å². The van der Waals surface area contributed by atoms with E-state index in [2.05, 4.69) is 35.6 Å². The molecule has 2 atom stereocenters. The smallest absolute Gasteiger partial charge is 0.233 e. The quantitative estimate of drug-likeness (QED) is 0.287. The van der Waals surface area contributed by atoms with Crippen molar-refractivity contribution in [3.8, 4) is 0 Å². The van der Waals surface area contributed by atoms with Gasteiger partial charge in [-0.05, 0) is 12.8 Å². The SMILES string of the molecule is CNC(=O)CN1CCN(CC(=O)NC)CCN([C@H]2CCCC[C@@H]2O)CCN(CC(=O)NC)CC1.O. The van der Waals surface area contributed by atoms with Crippen molar-refractivity contribution in [3.63, 3.8) is 0 Å². The van der Waals surface area contributed by atoms with Gasteiger partial charge in [0.1, 0.15) is 0 Å². The van der Waals surface area contributed by atoms with Gasteiger partial charge in [0.25, 0.3) is 0 Å². The first kappa shape index (κ1) is 31.2. The second kappa shape index (κ2) is 16.8. The van der Waals surface area contributed by atoms with Crippen LogP contribution in [0.2, 0.25) is 0 Å². The highest BCUT2D eigenvalue weighted by atomic mass is 16.3. The molecule has 1 heterocycles. The summed E-state index contributed by atoms with van der Waals surface area (Å²) < 4.78 is 0. The molecule has 0 radical (unpaired) electrons. The first-order chi connectivity index (χ1) is 16.4. The minimum Gasteiger partial charge on any atom is -0.412 e. The molecule has 0 aromatic carbocycles. The summed E-state index contributed by atoms with van der Waals surface area (Å²) in [6.07, 6.45) is 3.60. The zero-order chi connectivity index (χ0) is 24.9. The number of hydrogen-bond acceptors (Lipinski definition) is 8. The van der Waals surface area contributed by atoms with Crippen LogP contribution < -0.4 is 16.0 Å². The summed E-state index contributed by atoms with van der Waals surface area (Å²) in [5.74, 6) is -0.128. The third kappa shape index (κ3) is 11.2. The summed E-state index contributed by atoms with van der Waals surface area (Å²) in [6.45, 7) is 6.33. The van der Waals surface area contributed by atoms with Crippen LogP contribution in [0.3, 0.4) is 0 Å². The molecule has 0 aromatic rings. The summed E-state index contributed by atoms with van der Waals surface area (Å²) in [5, 5.41) is 18.8. The maximum absolute atomic E-state index is 12.1. The predicted molar refractivity (Wildman–Crippen MR) is 135 cm³/mol. The molecule has 35 heavy (non-hydrogen) atoms. The maximum Gasteiger partial charge on any atom is 0.233 e. The van der Waals surface area contributed by atoms with Crippen LogP contribution in [0.1, 0.15) is 25.7 Å². The number of nitrogens with zero attached hydrogens (tertiary/aromatic N) is 4. The Morgan fingerprint density at radius 1 is 0.657 bits per heavy atom. The van der Waals surface area contributed by atoms with Gasteiger partial charge < -0.3 is 26.5 Å². The zero-order valence-electron chi connectivity index (χ0n) is 21.7. The van der Waals surface area contributed by atoms with E-state index in [0.717, 1.165) is 38.8 Å². The van der Waals surface area contributed by atoms with Crippen LogP contribution in [0.5, 0.6) is 0 Å². The van der Waals surface area contributed by atoms with Gasteiger partial charge in [0.15, 0.2) is 0 Å². The zero-order valence-corrected chi connectivity index (χ0v) is 21.7. The lowest BCUT2D eigenvalue weighted by atomic mass is 9.91. The molecule has 12 nitrogen and oxygen atoms in total. The topological polar surface area (TPSA) is 152 Å². The number of carbonyl (C=O) groups excluding carboxylic acids is 3. The highest BCUT2D eigenvalue weighted by Gasteiger charge is 2.30. The number of carbonyl (C=O) groups is 3. The Bertz CT molecular complexity index is 620. The highest BCUT2D eigenvalue weighted by molar-refractivity contribution is 5.78. The molecule has 0 aromatic heterocycles. The van der Waals surface area contributed by atoms with Crippen molar-refractivity contribution in [2.75, 3.05) is 93.1 Å². The summed E-state index contributed by atoms with van der Waals surface area (Å²) in [4.78, 5) is 45.0. The van der Waals surface area contributed by atoms with E-state index in [1.165, 1.54) is 0 Å². The van der Waals surface area contributed by atoms with Crippen LogP contribution >= 0.6 is 0 Å². The molecule has 3 amide bonds. The summed E-state index contributed by atoms with van der Waals surface area (Å²) >= 11 is 0. The second-order valence-electron chi connectivity index (χ2n) is 9.30. The van der Waals surface area contributed by atoms with Gasteiger partial charge in [-0.25, -0.2) is 0 Å². The molecule has 0 unspecified atom stereocenters. The number of amides is 3. The fourth-order valence-electron chi connectivity index (χ4n) is 4.72. The Labute approximate surface area is 209 Å². The molecule has 1 aliphatic carbocycles. The van der Waals surface area contributed by atoms with Crippen LogP contribution in [0, 0.1) is 0 Å². The Morgan fingerprint density at radius 3 is 1.34 bits per heavy atom. The molecule has 2 aliphatic rings. The third-order valence-electron chi connectivity index (χ3n) is 6.97. The van der Waals surface area contributed by atoms with Crippen molar-refractivity contribution >= 4 is 17.7 Å². The normalized spacial score (nSPS) is 24.3. The van der Waals surface area contributed by atoms with E-state index in [4.69, 9.17) is 0 Å². The van der Waals surface area contributed by atoms with Gasteiger partial charge in [0, 0.05) is 79.5 Å². The maximum atomic E-state index is 12.1. The van der Waals surface area contributed by atoms with Gasteiger partial charge in [0.05, 0.1) is 25.7 Å². The minimum atomic E-state index is -0.343. The van der Waals surface area contributed by atoms with Gasteiger partial charge in [0.2, 0.25) is 17.7 Å². The molecule has 1 saturated heterocycles. The Balaban J connectivity index is 0.00000612. The average molecular weight is 502 g/mol. The summed E-state index contributed by atoms with van der Waals surface area (Å²) in [5.41, 5.74) is 0. The highest BCUT2D eigenvalue weighted by Crippen LogP contribution is 2.23. The Morgan fingerprint density at radius 2 is 1.00 bits per heavy atom. The number of likely N-dealkylation sites (N-methyl/N-ethyl adjacent to an activating group) is 3. The summed E-state index contributed by atoms with van der Waals surface area (Å²) in [7, 11) is 4.91. The second-order valence-corrected chi connectivity index (χ2v) is 9.30. The van der Waals surface area contributed by atoms with E-state index < -0.39 is 0 Å². The number of aliphatic hydroxyl groups excluding tert-OH is 1. The first-order valence-electron chi connectivity index (χ1n) is 12.6. The number of hydrogen-bond donors (Lipinski definition) is 4. The van der Waals surface area contributed by atoms with E-state index >= 15 is 0 Å². The standard InChI is InChI=1S/C23H45N7O4.H2O/c1-24-21(32)16-27-8-10-28(17-22(33)25-2)12-14-30(19-6-4-5-7-20(19)31)15-13-29(11-9-27)18-23(34)26-3;/h19-20,31H,4-18H2,1-3H3,(H,24,32)(H,25,33)(H,26,34);1H2/t19-,20-;/m0./s1. The fraction of sp³-hybridized carbons (Fsp3) is 0.870. The molecular formula is C23H47N7O5. The average Bonchev–Trinajstić information content (AvgIpc) is 2.84.